The number of fused-ring (bicyclic) bond motifs is 1. The summed E-state index contributed by atoms with van der Waals surface area (Å²) in [5.41, 5.74) is 4.23. The molecule has 0 radical (unpaired) electrons. The van der Waals surface area contributed by atoms with Gasteiger partial charge in [-0.25, -0.2) is 0 Å². The van der Waals surface area contributed by atoms with Crippen molar-refractivity contribution in [3.8, 4) is 5.69 Å². The van der Waals surface area contributed by atoms with Crippen molar-refractivity contribution in [3.63, 3.8) is 0 Å². The van der Waals surface area contributed by atoms with Gasteiger partial charge in [-0.1, -0.05) is 35.5 Å². The van der Waals surface area contributed by atoms with Gasteiger partial charge < -0.3 is 10.2 Å². The zero-order chi connectivity index (χ0) is 19.5. The molecule has 1 N–H and O–H groups in total. The van der Waals surface area contributed by atoms with E-state index in [-0.39, 0.29) is 11.7 Å². The number of thioether (sulfide) groups is 1. The zero-order valence-electron chi connectivity index (χ0n) is 15.4. The largest absolute Gasteiger partial charge is 0.371 e. The Morgan fingerprint density at radius 3 is 3.00 bits per heavy atom. The maximum Gasteiger partial charge on any atom is 0.234 e. The number of carbonyl (C=O) groups excluding carboxylic acids is 1. The topological polar surface area (TPSA) is 63.1 Å². The van der Waals surface area contributed by atoms with E-state index in [1.807, 2.05) is 34.9 Å². The van der Waals surface area contributed by atoms with E-state index in [0.717, 1.165) is 30.9 Å². The number of amides is 1. The van der Waals surface area contributed by atoms with Crippen LogP contribution in [0.4, 0.5) is 11.4 Å². The van der Waals surface area contributed by atoms with Gasteiger partial charge in [-0.15, -0.1) is 10.2 Å². The van der Waals surface area contributed by atoms with Gasteiger partial charge >= 0.3 is 0 Å². The first-order valence-corrected chi connectivity index (χ1v) is 10.5. The average Bonchev–Trinajstić information content (AvgIpc) is 3.32. The minimum Gasteiger partial charge on any atom is -0.371 e. The summed E-state index contributed by atoms with van der Waals surface area (Å²) in [6, 6.07) is 13.6. The summed E-state index contributed by atoms with van der Waals surface area (Å²) < 4.78 is 1.82. The normalized spacial score (nSPS) is 12.9. The van der Waals surface area contributed by atoms with Crippen molar-refractivity contribution in [1.29, 1.82) is 0 Å². The van der Waals surface area contributed by atoms with Crippen molar-refractivity contribution in [2.75, 3.05) is 29.1 Å². The number of likely N-dealkylation sites (N-methyl/N-ethyl adjacent to an activating group) is 1. The van der Waals surface area contributed by atoms with Crippen LogP contribution in [-0.4, -0.2) is 39.5 Å². The van der Waals surface area contributed by atoms with Crippen LogP contribution in [0.2, 0.25) is 5.02 Å². The average molecular weight is 414 g/mol. The molecule has 2 aromatic carbocycles. The zero-order valence-corrected chi connectivity index (χ0v) is 17.0. The lowest BCUT2D eigenvalue weighted by Gasteiger charge is -2.17. The molecular weight excluding hydrogens is 394 g/mol. The third-order valence-electron chi connectivity index (χ3n) is 4.68. The number of rotatable bonds is 6. The Kier molecular flexibility index (Phi) is 5.54. The van der Waals surface area contributed by atoms with Gasteiger partial charge in [-0.2, -0.15) is 0 Å². The number of aromatic nitrogens is 3. The molecule has 144 valence electrons. The van der Waals surface area contributed by atoms with E-state index < -0.39 is 0 Å². The predicted octanol–water partition coefficient (Wildman–Crippen LogP) is 4.03. The molecule has 0 saturated heterocycles. The molecule has 1 aliphatic heterocycles. The van der Waals surface area contributed by atoms with Gasteiger partial charge in [0.05, 0.1) is 11.4 Å². The van der Waals surface area contributed by atoms with Crippen molar-refractivity contribution < 1.29 is 4.79 Å². The minimum atomic E-state index is -0.0772. The van der Waals surface area contributed by atoms with Crippen LogP contribution in [0.25, 0.3) is 5.69 Å². The molecule has 8 heteroatoms. The molecule has 3 aromatic rings. The maximum atomic E-state index is 12.4. The van der Waals surface area contributed by atoms with Gasteiger partial charge in [-0.3, -0.25) is 9.36 Å². The molecule has 0 atom stereocenters. The van der Waals surface area contributed by atoms with Gasteiger partial charge in [0.1, 0.15) is 6.33 Å². The minimum absolute atomic E-state index is 0.0772. The molecule has 1 amide bonds. The molecule has 1 aromatic heterocycles. The smallest absolute Gasteiger partial charge is 0.234 e. The van der Waals surface area contributed by atoms with E-state index >= 15 is 0 Å². The second kappa shape index (κ2) is 8.24. The second-order valence-electron chi connectivity index (χ2n) is 6.47. The molecule has 28 heavy (non-hydrogen) atoms. The molecule has 1 aliphatic rings. The van der Waals surface area contributed by atoms with Crippen LogP contribution >= 0.6 is 23.4 Å². The number of hydrogen-bond acceptors (Lipinski definition) is 5. The van der Waals surface area contributed by atoms with Crippen LogP contribution in [0, 0.1) is 0 Å². The second-order valence-corrected chi connectivity index (χ2v) is 7.85. The third kappa shape index (κ3) is 4.00. The molecule has 6 nitrogen and oxygen atoms in total. The van der Waals surface area contributed by atoms with Crippen LogP contribution in [0.1, 0.15) is 12.5 Å². The third-order valence-corrected chi connectivity index (χ3v) is 5.86. The highest BCUT2D eigenvalue weighted by Crippen LogP contribution is 2.30. The highest BCUT2D eigenvalue weighted by Gasteiger charge is 2.18. The number of nitrogens with one attached hydrogen (secondary N) is 1. The van der Waals surface area contributed by atoms with Crippen molar-refractivity contribution in [2.24, 2.45) is 0 Å². The highest BCUT2D eigenvalue weighted by atomic mass is 35.5. The molecular formula is C20H20ClN5OS. The highest BCUT2D eigenvalue weighted by molar-refractivity contribution is 7.99. The molecule has 0 fully saturated rings. The molecule has 0 spiro atoms. The summed E-state index contributed by atoms with van der Waals surface area (Å²) >= 11 is 7.40. The number of halogens is 1. The van der Waals surface area contributed by atoms with E-state index in [0.29, 0.717) is 10.2 Å². The van der Waals surface area contributed by atoms with Gasteiger partial charge in [0.25, 0.3) is 0 Å². The summed E-state index contributed by atoms with van der Waals surface area (Å²) in [5, 5.41) is 12.3. The van der Waals surface area contributed by atoms with E-state index in [4.69, 9.17) is 11.6 Å². The summed E-state index contributed by atoms with van der Waals surface area (Å²) in [5.74, 6) is 0.167. The summed E-state index contributed by atoms with van der Waals surface area (Å²) in [7, 11) is 0. The summed E-state index contributed by atoms with van der Waals surface area (Å²) in [4.78, 5) is 14.8. The van der Waals surface area contributed by atoms with Crippen molar-refractivity contribution in [3.05, 3.63) is 59.4 Å². The SMILES string of the molecule is CCN1CCc2ccc(NC(=O)CSc3nncn3-c3cccc(Cl)c3)cc21. The Bertz CT molecular complexity index is 1010. The van der Waals surface area contributed by atoms with Crippen LogP contribution in [-0.2, 0) is 11.2 Å². The Morgan fingerprint density at radius 2 is 2.18 bits per heavy atom. The fourth-order valence-electron chi connectivity index (χ4n) is 3.30. The van der Waals surface area contributed by atoms with Crippen LogP contribution < -0.4 is 10.2 Å². The van der Waals surface area contributed by atoms with Crippen molar-refractivity contribution >= 4 is 40.6 Å². The first kappa shape index (κ1) is 18.8. The van der Waals surface area contributed by atoms with E-state index in [2.05, 4.69) is 39.5 Å². The number of carbonyl (C=O) groups is 1. The van der Waals surface area contributed by atoms with Gasteiger partial charge in [0.2, 0.25) is 5.91 Å². The molecule has 2 heterocycles. The molecule has 0 bridgehead atoms. The lowest BCUT2D eigenvalue weighted by Crippen LogP contribution is -2.19. The Hall–Kier alpha value is -2.51. The van der Waals surface area contributed by atoms with Crippen molar-refractivity contribution in [1.82, 2.24) is 14.8 Å². The van der Waals surface area contributed by atoms with Crippen LogP contribution in [0.5, 0.6) is 0 Å². The van der Waals surface area contributed by atoms with Crippen LogP contribution in [0.15, 0.2) is 53.9 Å². The van der Waals surface area contributed by atoms with Crippen LogP contribution in [0.3, 0.4) is 0 Å². The number of nitrogens with zero attached hydrogens (tertiary/aromatic N) is 4. The first-order chi connectivity index (χ1) is 13.6. The van der Waals surface area contributed by atoms with Gasteiger partial charge in [0.15, 0.2) is 5.16 Å². The number of benzene rings is 2. The fraction of sp³-hybridized carbons (Fsp3) is 0.250. The van der Waals surface area contributed by atoms with E-state index in [1.54, 1.807) is 6.33 Å². The van der Waals surface area contributed by atoms with E-state index in [1.165, 1.54) is 23.0 Å². The van der Waals surface area contributed by atoms with E-state index in [9.17, 15) is 4.79 Å². The number of anilines is 2. The lowest BCUT2D eigenvalue weighted by molar-refractivity contribution is -0.113. The predicted molar refractivity (Wildman–Crippen MR) is 114 cm³/mol. The Labute approximate surface area is 172 Å². The molecule has 0 aliphatic carbocycles. The standard InChI is InChI=1S/C20H20ClN5OS/c1-2-25-9-8-14-6-7-16(11-18(14)25)23-19(27)12-28-20-24-22-13-26(20)17-5-3-4-15(21)10-17/h3-7,10-11,13H,2,8-9,12H2,1H3,(H,23,27). The molecule has 0 saturated carbocycles. The molecule has 4 rings (SSSR count). The van der Waals surface area contributed by atoms with Gasteiger partial charge in [-0.05, 0) is 49.2 Å². The summed E-state index contributed by atoms with van der Waals surface area (Å²) in [6.07, 6.45) is 2.68. The fourth-order valence-corrected chi connectivity index (χ4v) is 4.22. The summed E-state index contributed by atoms with van der Waals surface area (Å²) in [6.45, 7) is 4.16. The van der Waals surface area contributed by atoms with Crippen molar-refractivity contribution in [2.45, 2.75) is 18.5 Å². The maximum absolute atomic E-state index is 12.4. The first-order valence-electron chi connectivity index (χ1n) is 9.10. The number of hydrogen-bond donors (Lipinski definition) is 1. The van der Waals surface area contributed by atoms with Gasteiger partial charge in [0, 0.05) is 29.5 Å². The monoisotopic (exact) mass is 413 g/mol. The Balaban J connectivity index is 1.40. The Morgan fingerprint density at radius 1 is 1.29 bits per heavy atom. The quantitative estimate of drug-likeness (QED) is 0.618. The lowest BCUT2D eigenvalue weighted by atomic mass is 10.1. The molecule has 0 unspecified atom stereocenters.